The van der Waals surface area contributed by atoms with Crippen molar-refractivity contribution in [1.29, 1.82) is 0 Å². The molecule has 1 aromatic rings. The van der Waals surface area contributed by atoms with E-state index in [1.165, 1.54) is 31.2 Å². The third-order valence-electron chi connectivity index (χ3n) is 4.29. The van der Waals surface area contributed by atoms with E-state index in [4.69, 9.17) is 15.2 Å². The smallest absolute Gasteiger partial charge is 0.126 e. The van der Waals surface area contributed by atoms with Crippen LogP contribution in [0.25, 0.3) is 0 Å². The van der Waals surface area contributed by atoms with E-state index in [2.05, 4.69) is 6.07 Å². The molecule has 1 atom stereocenters. The molecule has 1 saturated carbocycles. The molecule has 0 spiro atoms. The predicted molar refractivity (Wildman–Crippen MR) is 77.9 cm³/mol. The summed E-state index contributed by atoms with van der Waals surface area (Å²) in [6.07, 6.45) is 6.38. The van der Waals surface area contributed by atoms with Crippen molar-refractivity contribution in [3.8, 4) is 11.5 Å². The van der Waals surface area contributed by atoms with Crippen LogP contribution in [0.1, 0.15) is 43.6 Å². The van der Waals surface area contributed by atoms with Gasteiger partial charge in [-0.05, 0) is 49.3 Å². The highest BCUT2D eigenvalue weighted by Gasteiger charge is 2.27. The maximum Gasteiger partial charge on any atom is 0.126 e. The highest BCUT2D eigenvalue weighted by molar-refractivity contribution is 5.43. The van der Waals surface area contributed by atoms with Crippen molar-refractivity contribution in [1.82, 2.24) is 0 Å². The van der Waals surface area contributed by atoms with E-state index in [1.54, 1.807) is 14.2 Å². The molecule has 106 valence electrons. The topological polar surface area (TPSA) is 44.5 Å². The Morgan fingerprint density at radius 1 is 1.21 bits per heavy atom. The van der Waals surface area contributed by atoms with Crippen LogP contribution >= 0.6 is 0 Å². The molecule has 2 rings (SSSR count). The normalized spacial score (nSPS) is 17.4. The van der Waals surface area contributed by atoms with Crippen molar-refractivity contribution >= 4 is 0 Å². The number of benzene rings is 1. The molecule has 1 unspecified atom stereocenters. The van der Waals surface area contributed by atoms with Gasteiger partial charge in [-0.15, -0.1) is 0 Å². The van der Waals surface area contributed by atoms with Crippen LogP contribution in [0.4, 0.5) is 0 Å². The van der Waals surface area contributed by atoms with Crippen molar-refractivity contribution in [2.24, 2.45) is 11.7 Å². The van der Waals surface area contributed by atoms with Crippen molar-refractivity contribution in [2.75, 3.05) is 20.8 Å². The largest absolute Gasteiger partial charge is 0.497 e. The van der Waals surface area contributed by atoms with Gasteiger partial charge in [0, 0.05) is 6.07 Å². The average molecular weight is 263 g/mol. The average Bonchev–Trinajstić information content (AvgIpc) is 2.98. The lowest BCUT2D eigenvalue weighted by atomic mass is 9.82. The Morgan fingerprint density at radius 3 is 2.53 bits per heavy atom. The van der Waals surface area contributed by atoms with Crippen molar-refractivity contribution in [3.05, 3.63) is 23.8 Å². The first kappa shape index (κ1) is 14.2. The summed E-state index contributed by atoms with van der Waals surface area (Å²) in [5, 5.41) is 0. The molecule has 2 N–H and O–H groups in total. The zero-order valence-electron chi connectivity index (χ0n) is 12.0. The van der Waals surface area contributed by atoms with Crippen molar-refractivity contribution in [2.45, 2.75) is 38.0 Å². The molecular weight excluding hydrogens is 238 g/mol. The van der Waals surface area contributed by atoms with Gasteiger partial charge in [0.15, 0.2) is 0 Å². The number of hydrogen-bond acceptors (Lipinski definition) is 3. The minimum atomic E-state index is 0.522. The van der Waals surface area contributed by atoms with Crippen LogP contribution in [-0.2, 0) is 0 Å². The number of nitrogens with two attached hydrogens (primary N) is 1. The van der Waals surface area contributed by atoms with E-state index in [0.29, 0.717) is 5.92 Å². The fourth-order valence-corrected chi connectivity index (χ4v) is 3.31. The molecule has 1 fully saturated rings. The Kier molecular flexibility index (Phi) is 5.08. The molecule has 19 heavy (non-hydrogen) atoms. The van der Waals surface area contributed by atoms with Gasteiger partial charge in [-0.25, -0.2) is 0 Å². The molecule has 0 aromatic heterocycles. The fourth-order valence-electron chi connectivity index (χ4n) is 3.31. The van der Waals surface area contributed by atoms with E-state index < -0.39 is 0 Å². The zero-order valence-corrected chi connectivity index (χ0v) is 12.0. The van der Waals surface area contributed by atoms with Crippen LogP contribution in [0.5, 0.6) is 11.5 Å². The molecule has 0 heterocycles. The number of rotatable bonds is 6. The SMILES string of the molecule is COc1ccc(C(CCN)C2CCCC2)c(OC)c1. The van der Waals surface area contributed by atoms with E-state index in [1.807, 2.05) is 12.1 Å². The molecule has 3 nitrogen and oxygen atoms in total. The molecule has 0 bridgehead atoms. The second kappa shape index (κ2) is 6.80. The molecule has 1 aliphatic carbocycles. The Hall–Kier alpha value is -1.22. The van der Waals surface area contributed by atoms with Crippen molar-refractivity contribution < 1.29 is 9.47 Å². The summed E-state index contributed by atoms with van der Waals surface area (Å²) < 4.78 is 10.8. The van der Waals surface area contributed by atoms with Gasteiger partial charge in [0.2, 0.25) is 0 Å². The predicted octanol–water partition coefficient (Wildman–Crippen LogP) is 3.33. The lowest BCUT2D eigenvalue weighted by Gasteiger charge is -2.25. The summed E-state index contributed by atoms with van der Waals surface area (Å²) in [6.45, 7) is 0.732. The van der Waals surface area contributed by atoms with Gasteiger partial charge in [0.1, 0.15) is 11.5 Å². The van der Waals surface area contributed by atoms with Crippen LogP contribution < -0.4 is 15.2 Å². The van der Waals surface area contributed by atoms with Gasteiger partial charge in [0.05, 0.1) is 14.2 Å². The standard InChI is InChI=1S/C16H25NO2/c1-18-13-7-8-15(16(11-13)19-2)14(9-10-17)12-5-3-4-6-12/h7-8,11-12,14H,3-6,9-10,17H2,1-2H3. The molecule has 1 aliphatic rings. The zero-order chi connectivity index (χ0) is 13.7. The maximum absolute atomic E-state index is 5.82. The molecule has 0 radical (unpaired) electrons. The van der Waals surface area contributed by atoms with Crippen LogP contribution in [0.15, 0.2) is 18.2 Å². The third kappa shape index (κ3) is 3.21. The minimum Gasteiger partial charge on any atom is -0.497 e. The first-order valence-electron chi connectivity index (χ1n) is 7.22. The number of methoxy groups -OCH3 is 2. The second-order valence-corrected chi connectivity index (χ2v) is 5.34. The number of hydrogen-bond donors (Lipinski definition) is 1. The maximum atomic E-state index is 5.82. The van der Waals surface area contributed by atoms with E-state index in [9.17, 15) is 0 Å². The van der Waals surface area contributed by atoms with Crippen molar-refractivity contribution in [3.63, 3.8) is 0 Å². The minimum absolute atomic E-state index is 0.522. The van der Waals surface area contributed by atoms with E-state index in [0.717, 1.165) is 30.4 Å². The van der Waals surface area contributed by atoms with Gasteiger partial charge < -0.3 is 15.2 Å². The molecule has 3 heteroatoms. The third-order valence-corrected chi connectivity index (χ3v) is 4.29. The van der Waals surface area contributed by atoms with Crippen LogP contribution in [0.2, 0.25) is 0 Å². The second-order valence-electron chi connectivity index (χ2n) is 5.34. The van der Waals surface area contributed by atoms with Gasteiger partial charge in [-0.2, -0.15) is 0 Å². The number of ether oxygens (including phenoxy) is 2. The van der Waals surface area contributed by atoms with Gasteiger partial charge in [-0.3, -0.25) is 0 Å². The molecule has 0 saturated heterocycles. The molecular formula is C16H25NO2. The molecule has 0 amide bonds. The van der Waals surface area contributed by atoms with Gasteiger partial charge in [-0.1, -0.05) is 18.9 Å². The van der Waals surface area contributed by atoms with Crippen LogP contribution in [0, 0.1) is 5.92 Å². The summed E-state index contributed by atoms with van der Waals surface area (Å²) in [5.74, 6) is 3.06. The lowest BCUT2D eigenvalue weighted by molar-refractivity contribution is 0.366. The Balaban J connectivity index is 2.29. The van der Waals surface area contributed by atoms with Crippen LogP contribution in [0.3, 0.4) is 0 Å². The Labute approximate surface area is 116 Å². The summed E-state index contributed by atoms with van der Waals surface area (Å²) in [4.78, 5) is 0. The fraction of sp³-hybridized carbons (Fsp3) is 0.625. The van der Waals surface area contributed by atoms with Gasteiger partial charge in [0.25, 0.3) is 0 Å². The van der Waals surface area contributed by atoms with E-state index >= 15 is 0 Å². The molecule has 1 aromatic carbocycles. The lowest BCUT2D eigenvalue weighted by Crippen LogP contribution is -2.15. The first-order valence-corrected chi connectivity index (χ1v) is 7.22. The monoisotopic (exact) mass is 263 g/mol. The van der Waals surface area contributed by atoms with Gasteiger partial charge >= 0.3 is 0 Å². The first-order chi connectivity index (χ1) is 9.30. The summed E-state index contributed by atoms with van der Waals surface area (Å²) >= 11 is 0. The van der Waals surface area contributed by atoms with Crippen LogP contribution in [-0.4, -0.2) is 20.8 Å². The Morgan fingerprint density at radius 2 is 1.95 bits per heavy atom. The van der Waals surface area contributed by atoms with E-state index in [-0.39, 0.29) is 0 Å². The quantitative estimate of drug-likeness (QED) is 0.856. The highest BCUT2D eigenvalue weighted by atomic mass is 16.5. The summed E-state index contributed by atoms with van der Waals surface area (Å²) in [5.41, 5.74) is 7.11. The summed E-state index contributed by atoms with van der Waals surface area (Å²) in [6, 6.07) is 6.15. The molecule has 0 aliphatic heterocycles. The summed E-state index contributed by atoms with van der Waals surface area (Å²) in [7, 11) is 3.41. The highest BCUT2D eigenvalue weighted by Crippen LogP contribution is 2.43. The Bertz CT molecular complexity index is 400.